The molecule has 0 heterocycles. The molecule has 0 aromatic heterocycles. The third-order valence-electron chi connectivity index (χ3n) is 4.51. The second-order valence-electron chi connectivity index (χ2n) is 6.78. The van der Waals surface area contributed by atoms with Crippen LogP contribution in [0, 0.1) is 0 Å². The Morgan fingerprint density at radius 2 is 1.13 bits per heavy atom. The van der Waals surface area contributed by atoms with Crippen molar-refractivity contribution < 1.29 is 4.74 Å². The molecule has 1 rings (SSSR count). The molecule has 132 valence electrons. The van der Waals surface area contributed by atoms with Crippen LogP contribution in [0.1, 0.15) is 96.5 Å². The van der Waals surface area contributed by atoms with Crippen LogP contribution in [0.2, 0.25) is 0 Å². The van der Waals surface area contributed by atoms with Gasteiger partial charge in [-0.3, -0.25) is 0 Å². The van der Waals surface area contributed by atoms with Crippen molar-refractivity contribution in [2.24, 2.45) is 0 Å². The predicted octanol–water partition coefficient (Wildman–Crippen LogP) is 7.33. The van der Waals surface area contributed by atoms with E-state index < -0.39 is 0 Å². The maximum absolute atomic E-state index is 5.71. The zero-order valence-corrected chi connectivity index (χ0v) is 15.6. The van der Waals surface area contributed by atoms with E-state index in [0.29, 0.717) is 0 Å². The summed E-state index contributed by atoms with van der Waals surface area (Å²) >= 11 is 0. The Bertz CT molecular complexity index is 355. The van der Waals surface area contributed by atoms with E-state index >= 15 is 0 Å². The van der Waals surface area contributed by atoms with Gasteiger partial charge >= 0.3 is 0 Å². The van der Waals surface area contributed by atoms with Crippen LogP contribution in [-0.4, -0.2) is 6.61 Å². The lowest BCUT2D eigenvalue weighted by molar-refractivity contribution is 0.309. The van der Waals surface area contributed by atoms with E-state index in [-0.39, 0.29) is 0 Å². The predicted molar refractivity (Wildman–Crippen MR) is 102 cm³/mol. The number of hydrogen-bond donors (Lipinski definition) is 0. The zero-order valence-electron chi connectivity index (χ0n) is 15.6. The van der Waals surface area contributed by atoms with Crippen LogP contribution in [0.15, 0.2) is 24.3 Å². The normalized spacial score (nSPS) is 10.9. The average molecular weight is 319 g/mol. The second kappa shape index (κ2) is 14.6. The molecule has 0 N–H and O–H groups in total. The molecule has 23 heavy (non-hydrogen) atoms. The minimum atomic E-state index is 0.842. The average Bonchev–Trinajstić information content (AvgIpc) is 2.58. The SMILES string of the molecule is CCCCCCCCCCCCc1ccc(OCCCC)cc1. The molecule has 1 heteroatoms. The Kier molecular flexibility index (Phi) is 12.7. The first-order chi connectivity index (χ1) is 11.4. The third kappa shape index (κ3) is 11.2. The highest BCUT2D eigenvalue weighted by Gasteiger charge is 1.97. The molecule has 0 unspecified atom stereocenters. The van der Waals surface area contributed by atoms with Crippen LogP contribution in [0.3, 0.4) is 0 Å². The van der Waals surface area contributed by atoms with Crippen LogP contribution >= 0.6 is 0 Å². The van der Waals surface area contributed by atoms with Gasteiger partial charge in [0.2, 0.25) is 0 Å². The molecule has 0 aliphatic carbocycles. The van der Waals surface area contributed by atoms with E-state index in [1.165, 1.54) is 82.6 Å². The number of hydrogen-bond acceptors (Lipinski definition) is 1. The van der Waals surface area contributed by atoms with Gasteiger partial charge in [-0.05, 0) is 37.0 Å². The van der Waals surface area contributed by atoms with E-state index in [4.69, 9.17) is 4.74 Å². The molecule has 0 saturated heterocycles. The maximum atomic E-state index is 5.71. The van der Waals surface area contributed by atoms with Gasteiger partial charge in [0.05, 0.1) is 6.61 Å². The topological polar surface area (TPSA) is 9.23 Å². The molecular weight excluding hydrogens is 280 g/mol. The summed E-state index contributed by atoms with van der Waals surface area (Å²) in [7, 11) is 0. The molecule has 0 amide bonds. The van der Waals surface area contributed by atoms with Crippen LogP contribution in [0.4, 0.5) is 0 Å². The molecular formula is C22H38O. The molecule has 0 aliphatic heterocycles. The van der Waals surface area contributed by atoms with Crippen molar-refractivity contribution in [2.75, 3.05) is 6.61 Å². The Morgan fingerprint density at radius 3 is 1.70 bits per heavy atom. The molecule has 0 aliphatic rings. The van der Waals surface area contributed by atoms with Gasteiger partial charge in [0.25, 0.3) is 0 Å². The molecule has 1 aromatic rings. The fourth-order valence-electron chi connectivity index (χ4n) is 2.90. The van der Waals surface area contributed by atoms with Crippen LogP contribution in [0.25, 0.3) is 0 Å². The quantitative estimate of drug-likeness (QED) is 0.308. The highest BCUT2D eigenvalue weighted by molar-refractivity contribution is 5.27. The Labute approximate surface area is 144 Å². The zero-order chi connectivity index (χ0) is 16.6. The van der Waals surface area contributed by atoms with Gasteiger partial charge in [-0.1, -0.05) is 90.2 Å². The van der Waals surface area contributed by atoms with Crippen molar-refractivity contribution in [2.45, 2.75) is 97.3 Å². The van der Waals surface area contributed by atoms with Gasteiger partial charge < -0.3 is 4.74 Å². The lowest BCUT2D eigenvalue weighted by atomic mass is 10.0. The van der Waals surface area contributed by atoms with Gasteiger partial charge in [-0.15, -0.1) is 0 Å². The highest BCUT2D eigenvalue weighted by Crippen LogP contribution is 2.16. The largest absolute Gasteiger partial charge is 0.494 e. The summed E-state index contributed by atoms with van der Waals surface area (Å²) in [6, 6.07) is 8.71. The maximum Gasteiger partial charge on any atom is 0.119 e. The monoisotopic (exact) mass is 318 g/mol. The number of ether oxygens (including phenoxy) is 1. The van der Waals surface area contributed by atoms with E-state index in [1.807, 2.05) is 0 Å². The molecule has 0 radical (unpaired) electrons. The fraction of sp³-hybridized carbons (Fsp3) is 0.727. The van der Waals surface area contributed by atoms with E-state index in [0.717, 1.165) is 18.8 Å². The van der Waals surface area contributed by atoms with Crippen molar-refractivity contribution in [1.29, 1.82) is 0 Å². The molecule has 1 nitrogen and oxygen atoms in total. The lowest BCUT2D eigenvalue weighted by Crippen LogP contribution is -1.96. The molecule has 0 fully saturated rings. The summed E-state index contributed by atoms with van der Waals surface area (Å²) in [6.45, 7) is 5.32. The van der Waals surface area contributed by atoms with Gasteiger partial charge in [0.15, 0.2) is 0 Å². The van der Waals surface area contributed by atoms with Crippen molar-refractivity contribution in [3.8, 4) is 5.75 Å². The third-order valence-corrected chi connectivity index (χ3v) is 4.51. The van der Waals surface area contributed by atoms with Crippen molar-refractivity contribution in [3.05, 3.63) is 29.8 Å². The van der Waals surface area contributed by atoms with Crippen LogP contribution in [0.5, 0.6) is 5.75 Å². The molecule has 0 spiro atoms. The summed E-state index contributed by atoms with van der Waals surface area (Å²) in [5, 5.41) is 0. The molecule has 0 bridgehead atoms. The first-order valence-electron chi connectivity index (χ1n) is 10.1. The number of rotatable bonds is 15. The Balaban J connectivity index is 1.97. The van der Waals surface area contributed by atoms with Gasteiger partial charge in [-0.2, -0.15) is 0 Å². The summed E-state index contributed by atoms with van der Waals surface area (Å²) in [4.78, 5) is 0. The van der Waals surface area contributed by atoms with Gasteiger partial charge in [0.1, 0.15) is 5.75 Å². The molecule has 0 atom stereocenters. The second-order valence-corrected chi connectivity index (χ2v) is 6.78. The van der Waals surface area contributed by atoms with Gasteiger partial charge in [0, 0.05) is 0 Å². The molecule has 1 aromatic carbocycles. The fourth-order valence-corrected chi connectivity index (χ4v) is 2.90. The summed E-state index contributed by atoms with van der Waals surface area (Å²) < 4.78 is 5.71. The summed E-state index contributed by atoms with van der Waals surface area (Å²) in [5.41, 5.74) is 1.45. The van der Waals surface area contributed by atoms with E-state index in [2.05, 4.69) is 38.1 Å². The van der Waals surface area contributed by atoms with Crippen LogP contribution in [-0.2, 0) is 6.42 Å². The smallest absolute Gasteiger partial charge is 0.119 e. The Hall–Kier alpha value is -0.980. The summed E-state index contributed by atoms with van der Waals surface area (Å²) in [6.07, 6.45) is 17.6. The lowest BCUT2D eigenvalue weighted by Gasteiger charge is -2.07. The minimum absolute atomic E-state index is 0.842. The standard InChI is InChI=1S/C22H38O/c1-3-5-7-8-9-10-11-12-13-14-15-21-16-18-22(19-17-21)23-20-6-4-2/h16-19H,3-15,20H2,1-2H3. The molecule has 0 saturated carbocycles. The minimum Gasteiger partial charge on any atom is -0.494 e. The van der Waals surface area contributed by atoms with Crippen molar-refractivity contribution in [3.63, 3.8) is 0 Å². The van der Waals surface area contributed by atoms with Crippen LogP contribution < -0.4 is 4.74 Å². The summed E-state index contributed by atoms with van der Waals surface area (Å²) in [5.74, 6) is 1.02. The highest BCUT2D eigenvalue weighted by atomic mass is 16.5. The first kappa shape index (κ1) is 20.1. The van der Waals surface area contributed by atoms with Gasteiger partial charge in [-0.25, -0.2) is 0 Å². The van der Waals surface area contributed by atoms with E-state index in [1.54, 1.807) is 0 Å². The van der Waals surface area contributed by atoms with Crippen molar-refractivity contribution >= 4 is 0 Å². The number of aryl methyl sites for hydroxylation is 1. The number of unbranched alkanes of at least 4 members (excludes halogenated alkanes) is 10. The Morgan fingerprint density at radius 1 is 0.609 bits per heavy atom. The first-order valence-corrected chi connectivity index (χ1v) is 10.1. The van der Waals surface area contributed by atoms with Crippen molar-refractivity contribution in [1.82, 2.24) is 0 Å². The van der Waals surface area contributed by atoms with E-state index in [9.17, 15) is 0 Å². The number of benzene rings is 1.